The summed E-state index contributed by atoms with van der Waals surface area (Å²) in [5, 5.41) is 12.8. The zero-order valence-corrected chi connectivity index (χ0v) is 20.4. The fourth-order valence-corrected chi connectivity index (χ4v) is 7.59. The lowest BCUT2D eigenvalue weighted by atomic mass is 9.47. The molecule has 0 radical (unpaired) electrons. The molecule has 3 fully saturated rings. The normalized spacial score (nSPS) is 37.8. The van der Waals surface area contributed by atoms with Gasteiger partial charge in [-0.2, -0.15) is 0 Å². The number of hydrogen-bond donors (Lipinski definition) is 1. The van der Waals surface area contributed by atoms with Crippen LogP contribution in [0.2, 0.25) is 0 Å². The van der Waals surface area contributed by atoms with E-state index in [-0.39, 0.29) is 16.9 Å². The number of nitrogens with zero attached hydrogens (tertiary/aromatic N) is 4. The van der Waals surface area contributed by atoms with Gasteiger partial charge in [0.05, 0.1) is 23.6 Å². The Morgan fingerprint density at radius 2 is 2.00 bits per heavy atom. The lowest BCUT2D eigenvalue weighted by Crippen LogP contribution is -2.50. The minimum atomic E-state index is -0.0430. The van der Waals surface area contributed by atoms with Gasteiger partial charge in [-0.3, -0.25) is 4.79 Å². The van der Waals surface area contributed by atoms with Crippen molar-refractivity contribution < 1.29 is 9.63 Å². The van der Waals surface area contributed by atoms with Crippen molar-refractivity contribution in [2.24, 2.45) is 39.5 Å². The Labute approximate surface area is 197 Å². The van der Waals surface area contributed by atoms with Crippen molar-refractivity contribution in [3.05, 3.63) is 23.5 Å². The van der Waals surface area contributed by atoms with Crippen LogP contribution in [0.15, 0.2) is 23.0 Å². The van der Waals surface area contributed by atoms with E-state index in [2.05, 4.69) is 42.3 Å². The molecule has 5 rings (SSSR count). The monoisotopic (exact) mass is 453 g/mol. The molecule has 1 aromatic rings. The zero-order valence-electron chi connectivity index (χ0n) is 20.4. The molecule has 33 heavy (non-hydrogen) atoms. The van der Waals surface area contributed by atoms with Crippen LogP contribution in [0.3, 0.4) is 0 Å². The maximum atomic E-state index is 12.6. The van der Waals surface area contributed by atoms with Crippen LogP contribution in [0.5, 0.6) is 0 Å². The van der Waals surface area contributed by atoms with Gasteiger partial charge in [-0.1, -0.05) is 36.7 Å². The molecule has 0 bridgehead atoms. The predicted molar refractivity (Wildman–Crippen MR) is 127 cm³/mol. The van der Waals surface area contributed by atoms with Gasteiger partial charge in [-0.05, 0) is 80.6 Å². The number of carbonyl (C=O) groups excluding carboxylic acids is 1. The second-order valence-corrected chi connectivity index (χ2v) is 11.3. The van der Waals surface area contributed by atoms with Gasteiger partial charge in [-0.25, -0.2) is 4.68 Å². The third-order valence-electron chi connectivity index (χ3n) is 9.75. The lowest BCUT2D eigenvalue weighted by Gasteiger charge is -2.57. The Morgan fingerprint density at radius 3 is 2.76 bits per heavy atom. The molecule has 0 amide bonds. The second-order valence-electron chi connectivity index (χ2n) is 11.3. The zero-order chi connectivity index (χ0) is 23.2. The van der Waals surface area contributed by atoms with E-state index in [1.54, 1.807) is 5.57 Å². The average Bonchev–Trinajstić information content (AvgIpc) is 3.41. The molecular weight excluding hydrogens is 414 g/mol. The van der Waals surface area contributed by atoms with E-state index < -0.39 is 0 Å². The summed E-state index contributed by atoms with van der Waals surface area (Å²) < 4.78 is 1.84. The number of aromatic nitrogens is 3. The van der Waals surface area contributed by atoms with Crippen molar-refractivity contribution >= 4 is 11.5 Å². The molecule has 7 heteroatoms. The van der Waals surface area contributed by atoms with Crippen molar-refractivity contribution in [1.29, 1.82) is 0 Å². The van der Waals surface area contributed by atoms with E-state index in [0.717, 1.165) is 56.4 Å². The summed E-state index contributed by atoms with van der Waals surface area (Å²) in [6.07, 6.45) is 13.8. The molecule has 1 aromatic heterocycles. The smallest absolute Gasteiger partial charge is 0.139 e. The summed E-state index contributed by atoms with van der Waals surface area (Å²) in [4.78, 5) is 18.4. The standard InChI is InChI=1S/C26H39N5O2/c1-4-20(31-15-19(14-27)28-30-31)16-33-29-18-9-11-25(2)17(13-18)5-6-21-22-7-8-24(32)26(22,3)12-10-23(21)25/h13,15,20-23H,4-12,14,16,27H2,1-3H3/t20?,21?,22?,23?,25-,26+/m1/s1. The topological polar surface area (TPSA) is 95.4 Å². The molecule has 0 aliphatic heterocycles. The van der Waals surface area contributed by atoms with Gasteiger partial charge in [-0.15, -0.1) is 5.10 Å². The molecule has 3 saturated carbocycles. The molecule has 4 aliphatic carbocycles. The van der Waals surface area contributed by atoms with Gasteiger partial charge in [0.1, 0.15) is 12.4 Å². The van der Waals surface area contributed by atoms with E-state index in [1.165, 1.54) is 12.8 Å². The van der Waals surface area contributed by atoms with Crippen LogP contribution in [-0.4, -0.2) is 33.1 Å². The largest absolute Gasteiger partial charge is 0.393 e. The first kappa shape index (κ1) is 22.8. The fourth-order valence-electron chi connectivity index (χ4n) is 7.59. The minimum absolute atomic E-state index is 0.0430. The maximum Gasteiger partial charge on any atom is 0.139 e. The molecule has 4 aliphatic rings. The molecule has 0 saturated heterocycles. The van der Waals surface area contributed by atoms with E-state index >= 15 is 0 Å². The Morgan fingerprint density at radius 1 is 1.18 bits per heavy atom. The van der Waals surface area contributed by atoms with Gasteiger partial charge in [0.2, 0.25) is 0 Å². The number of ketones is 1. The van der Waals surface area contributed by atoms with E-state index in [1.807, 2.05) is 10.9 Å². The summed E-state index contributed by atoms with van der Waals surface area (Å²) in [7, 11) is 0. The first-order chi connectivity index (χ1) is 15.9. The van der Waals surface area contributed by atoms with Crippen LogP contribution in [-0.2, 0) is 16.2 Å². The van der Waals surface area contributed by atoms with Crippen LogP contribution in [0.1, 0.15) is 90.3 Å². The number of fused-ring (bicyclic) bond motifs is 5. The second kappa shape index (κ2) is 8.64. The highest BCUT2D eigenvalue weighted by Gasteiger charge is 2.58. The van der Waals surface area contributed by atoms with Gasteiger partial charge >= 0.3 is 0 Å². The number of carbonyl (C=O) groups is 1. The number of nitrogens with two attached hydrogens (primary N) is 1. The number of Topliss-reactive ketones (excluding diaryl/α,β-unsaturated/α-hetero) is 1. The molecular formula is C26H39N5O2. The van der Waals surface area contributed by atoms with Crippen LogP contribution < -0.4 is 5.73 Å². The molecule has 7 nitrogen and oxygen atoms in total. The van der Waals surface area contributed by atoms with Gasteiger partial charge in [0.15, 0.2) is 0 Å². The van der Waals surface area contributed by atoms with Crippen molar-refractivity contribution in [2.45, 2.75) is 91.1 Å². The van der Waals surface area contributed by atoms with E-state index in [0.29, 0.717) is 36.7 Å². The van der Waals surface area contributed by atoms with Crippen LogP contribution in [0.25, 0.3) is 0 Å². The number of allylic oxidation sites excluding steroid dienone is 2. The van der Waals surface area contributed by atoms with Crippen molar-refractivity contribution in [3.63, 3.8) is 0 Å². The Bertz CT molecular complexity index is 968. The summed E-state index contributed by atoms with van der Waals surface area (Å²) in [6.45, 7) is 7.74. The Hall–Kier alpha value is -2.02. The third-order valence-corrected chi connectivity index (χ3v) is 9.75. The number of rotatable bonds is 6. The van der Waals surface area contributed by atoms with Crippen LogP contribution >= 0.6 is 0 Å². The predicted octanol–water partition coefficient (Wildman–Crippen LogP) is 4.59. The summed E-state index contributed by atoms with van der Waals surface area (Å²) in [5.74, 6) is 2.54. The average molecular weight is 454 g/mol. The van der Waals surface area contributed by atoms with E-state index in [9.17, 15) is 4.79 Å². The van der Waals surface area contributed by atoms with E-state index in [4.69, 9.17) is 10.6 Å². The highest BCUT2D eigenvalue weighted by atomic mass is 16.6. The summed E-state index contributed by atoms with van der Waals surface area (Å²) in [6, 6.07) is 0.102. The SMILES string of the molecule is CCC(CON=C1C=C2CCC3C4CCC(=O)[C@@]4(C)CCC3[C@]2(C)CC1)n1cc(CN)nn1. The summed E-state index contributed by atoms with van der Waals surface area (Å²) >= 11 is 0. The molecule has 0 spiro atoms. The lowest BCUT2D eigenvalue weighted by molar-refractivity contribution is -0.132. The quantitative estimate of drug-likeness (QED) is 0.636. The molecule has 2 N–H and O–H groups in total. The molecule has 0 aromatic carbocycles. The Kier molecular flexibility index (Phi) is 5.96. The first-order valence-corrected chi connectivity index (χ1v) is 12.9. The third kappa shape index (κ3) is 3.76. The first-order valence-electron chi connectivity index (χ1n) is 12.9. The minimum Gasteiger partial charge on any atom is -0.393 e. The van der Waals surface area contributed by atoms with Gasteiger partial charge in [0.25, 0.3) is 0 Å². The van der Waals surface area contributed by atoms with Crippen molar-refractivity contribution in [1.82, 2.24) is 15.0 Å². The summed E-state index contributed by atoms with van der Waals surface area (Å²) in [5.41, 5.74) is 9.27. The highest BCUT2D eigenvalue weighted by Crippen LogP contribution is 2.64. The molecule has 180 valence electrons. The van der Waals surface area contributed by atoms with Crippen LogP contribution in [0, 0.1) is 28.6 Å². The fraction of sp³-hybridized carbons (Fsp3) is 0.769. The van der Waals surface area contributed by atoms with Crippen LogP contribution in [0.4, 0.5) is 0 Å². The number of hydrogen-bond acceptors (Lipinski definition) is 6. The highest BCUT2D eigenvalue weighted by molar-refractivity contribution is 5.96. The van der Waals surface area contributed by atoms with Crippen molar-refractivity contribution in [2.75, 3.05) is 6.61 Å². The molecule has 6 atom stereocenters. The van der Waals surface area contributed by atoms with Gasteiger partial charge in [0, 0.05) is 18.4 Å². The maximum absolute atomic E-state index is 12.6. The molecule has 4 unspecified atom stereocenters. The van der Waals surface area contributed by atoms with Crippen molar-refractivity contribution in [3.8, 4) is 0 Å². The molecule has 1 heterocycles. The Balaban J connectivity index is 1.26. The van der Waals surface area contributed by atoms with Gasteiger partial charge < -0.3 is 10.6 Å². The number of oxime groups is 1.